The van der Waals surface area contributed by atoms with E-state index in [0.717, 1.165) is 23.3 Å². The number of rotatable bonds is 11. The second kappa shape index (κ2) is 12.7. The minimum absolute atomic E-state index is 0.0345. The third kappa shape index (κ3) is 8.04. The van der Waals surface area contributed by atoms with Gasteiger partial charge in [0.05, 0.1) is 0 Å². The van der Waals surface area contributed by atoms with Crippen molar-refractivity contribution in [2.24, 2.45) is 0 Å². The molecule has 1 N–H and O–H groups in total. The summed E-state index contributed by atoms with van der Waals surface area (Å²) >= 11 is 7.76. The summed E-state index contributed by atoms with van der Waals surface area (Å²) in [6, 6.07) is 15.2. The molecule has 0 aromatic heterocycles. The van der Waals surface area contributed by atoms with Gasteiger partial charge >= 0.3 is 0 Å². The van der Waals surface area contributed by atoms with E-state index in [2.05, 4.69) is 43.4 Å². The summed E-state index contributed by atoms with van der Waals surface area (Å²) in [7, 11) is 0. The van der Waals surface area contributed by atoms with Gasteiger partial charge < -0.3 is 10.2 Å². The number of benzene rings is 2. The standard InChI is InChI=1S/C24H31ClN2O2S/c1-4-5-14-26-24(29)19(3)27(17-20-7-6-8-21(25)16-20)23(28)13-15-30-22-11-9-18(2)10-12-22/h6-12,16,19H,4-5,13-15,17H2,1-3H3,(H,26,29)/t19-/m1/s1. The Bertz CT molecular complexity index is 826. The van der Waals surface area contributed by atoms with E-state index in [4.69, 9.17) is 11.6 Å². The van der Waals surface area contributed by atoms with Crippen molar-refractivity contribution in [1.82, 2.24) is 10.2 Å². The van der Waals surface area contributed by atoms with Gasteiger partial charge in [0.2, 0.25) is 11.8 Å². The van der Waals surface area contributed by atoms with Crippen LogP contribution in [0.2, 0.25) is 5.02 Å². The normalized spacial score (nSPS) is 11.7. The van der Waals surface area contributed by atoms with E-state index in [9.17, 15) is 9.59 Å². The van der Waals surface area contributed by atoms with Gasteiger partial charge in [-0.3, -0.25) is 9.59 Å². The van der Waals surface area contributed by atoms with Gasteiger partial charge in [-0.25, -0.2) is 0 Å². The number of carbonyl (C=O) groups excluding carboxylic acids is 2. The maximum absolute atomic E-state index is 13.1. The number of nitrogens with one attached hydrogen (secondary N) is 1. The lowest BCUT2D eigenvalue weighted by Gasteiger charge is -2.29. The van der Waals surface area contributed by atoms with Crippen molar-refractivity contribution < 1.29 is 9.59 Å². The SMILES string of the molecule is CCCCNC(=O)[C@@H](C)N(Cc1cccc(Cl)c1)C(=O)CCSc1ccc(C)cc1. The molecule has 2 amide bonds. The van der Waals surface area contributed by atoms with Crippen LogP contribution >= 0.6 is 23.4 Å². The molecule has 0 radical (unpaired) electrons. The fourth-order valence-corrected chi connectivity index (χ4v) is 4.04. The van der Waals surface area contributed by atoms with Gasteiger partial charge in [0.25, 0.3) is 0 Å². The van der Waals surface area contributed by atoms with Crippen LogP contribution in [0.3, 0.4) is 0 Å². The average Bonchev–Trinajstić information content (AvgIpc) is 2.73. The zero-order valence-corrected chi connectivity index (χ0v) is 19.6. The molecule has 0 fully saturated rings. The molecule has 162 valence electrons. The molecule has 0 heterocycles. The lowest BCUT2D eigenvalue weighted by atomic mass is 10.1. The highest BCUT2D eigenvalue weighted by Crippen LogP contribution is 2.21. The van der Waals surface area contributed by atoms with Crippen LogP contribution < -0.4 is 5.32 Å². The Kier molecular flexibility index (Phi) is 10.2. The Morgan fingerprint density at radius 3 is 2.57 bits per heavy atom. The largest absolute Gasteiger partial charge is 0.354 e. The molecule has 0 unspecified atom stereocenters. The van der Waals surface area contributed by atoms with Crippen LogP contribution in [0.4, 0.5) is 0 Å². The molecule has 2 rings (SSSR count). The number of carbonyl (C=O) groups is 2. The zero-order chi connectivity index (χ0) is 21.9. The van der Waals surface area contributed by atoms with Gasteiger partial charge in [0.1, 0.15) is 6.04 Å². The first-order chi connectivity index (χ1) is 14.4. The van der Waals surface area contributed by atoms with E-state index in [1.54, 1.807) is 29.7 Å². The monoisotopic (exact) mass is 446 g/mol. The molecule has 1 atom stereocenters. The molecule has 2 aromatic carbocycles. The van der Waals surface area contributed by atoms with E-state index in [1.807, 2.05) is 18.2 Å². The third-order valence-corrected chi connectivity index (χ3v) is 6.09. The topological polar surface area (TPSA) is 49.4 Å². The van der Waals surface area contributed by atoms with Crippen molar-refractivity contribution in [2.45, 2.75) is 57.5 Å². The fraction of sp³-hybridized carbons (Fsp3) is 0.417. The maximum atomic E-state index is 13.1. The Labute approximate surface area is 189 Å². The predicted octanol–water partition coefficient (Wildman–Crippen LogP) is 5.46. The van der Waals surface area contributed by atoms with Gasteiger partial charge in [-0.2, -0.15) is 0 Å². The molecule has 30 heavy (non-hydrogen) atoms. The van der Waals surface area contributed by atoms with Gasteiger partial charge in [-0.15, -0.1) is 11.8 Å². The van der Waals surface area contributed by atoms with Gasteiger partial charge in [-0.1, -0.05) is 54.8 Å². The first-order valence-corrected chi connectivity index (χ1v) is 11.8. The van der Waals surface area contributed by atoms with Crippen molar-refractivity contribution in [3.63, 3.8) is 0 Å². The minimum atomic E-state index is -0.544. The van der Waals surface area contributed by atoms with E-state index < -0.39 is 6.04 Å². The van der Waals surface area contributed by atoms with Crippen LogP contribution in [0.15, 0.2) is 53.4 Å². The Morgan fingerprint density at radius 1 is 1.17 bits per heavy atom. The zero-order valence-electron chi connectivity index (χ0n) is 18.0. The molecular weight excluding hydrogens is 416 g/mol. The highest BCUT2D eigenvalue weighted by molar-refractivity contribution is 7.99. The quantitative estimate of drug-likeness (QED) is 0.368. The second-order valence-corrected chi connectivity index (χ2v) is 8.99. The number of hydrogen-bond acceptors (Lipinski definition) is 3. The molecule has 0 aliphatic carbocycles. The molecule has 0 spiro atoms. The fourth-order valence-electron chi connectivity index (χ4n) is 2.99. The van der Waals surface area contributed by atoms with Gasteiger partial charge in [0.15, 0.2) is 0 Å². The molecule has 0 saturated carbocycles. The molecule has 0 aliphatic heterocycles. The number of amides is 2. The van der Waals surface area contributed by atoms with Crippen LogP contribution in [0.25, 0.3) is 0 Å². The smallest absolute Gasteiger partial charge is 0.242 e. The average molecular weight is 447 g/mol. The summed E-state index contributed by atoms with van der Waals surface area (Å²) in [5.41, 5.74) is 2.13. The van der Waals surface area contributed by atoms with E-state index >= 15 is 0 Å². The molecule has 4 nitrogen and oxygen atoms in total. The summed E-state index contributed by atoms with van der Waals surface area (Å²) < 4.78 is 0. The first kappa shape index (κ1) is 24.3. The van der Waals surface area contributed by atoms with Crippen LogP contribution in [-0.2, 0) is 16.1 Å². The Balaban J connectivity index is 2.03. The van der Waals surface area contributed by atoms with Crippen molar-refractivity contribution in [2.75, 3.05) is 12.3 Å². The molecular formula is C24H31ClN2O2S. The minimum Gasteiger partial charge on any atom is -0.354 e. The summed E-state index contributed by atoms with van der Waals surface area (Å²) in [6.45, 7) is 6.91. The highest BCUT2D eigenvalue weighted by atomic mass is 35.5. The highest BCUT2D eigenvalue weighted by Gasteiger charge is 2.25. The van der Waals surface area contributed by atoms with Crippen LogP contribution in [0, 0.1) is 6.92 Å². The molecule has 0 saturated heterocycles. The number of unbranched alkanes of at least 4 members (excludes halogenated alkanes) is 1. The lowest BCUT2D eigenvalue weighted by Crippen LogP contribution is -2.47. The van der Waals surface area contributed by atoms with Crippen molar-refractivity contribution in [1.29, 1.82) is 0 Å². The molecule has 0 bridgehead atoms. The van der Waals surface area contributed by atoms with Crippen LogP contribution in [-0.4, -0.2) is 35.1 Å². The molecule has 6 heteroatoms. The number of aryl methyl sites for hydroxylation is 1. The third-order valence-electron chi connectivity index (χ3n) is 4.84. The number of hydrogen-bond donors (Lipinski definition) is 1. The van der Waals surface area contributed by atoms with Gasteiger partial charge in [-0.05, 0) is 50.1 Å². The maximum Gasteiger partial charge on any atom is 0.242 e. The summed E-state index contributed by atoms with van der Waals surface area (Å²) in [5.74, 6) is 0.510. The number of thioether (sulfide) groups is 1. The predicted molar refractivity (Wildman–Crippen MR) is 126 cm³/mol. The summed E-state index contributed by atoms with van der Waals surface area (Å²) in [4.78, 5) is 28.5. The van der Waals surface area contributed by atoms with E-state index in [-0.39, 0.29) is 11.8 Å². The lowest BCUT2D eigenvalue weighted by molar-refractivity contribution is -0.140. The molecule has 0 aliphatic rings. The van der Waals surface area contributed by atoms with Crippen LogP contribution in [0.1, 0.15) is 44.2 Å². The summed E-state index contributed by atoms with van der Waals surface area (Å²) in [5, 5.41) is 3.56. The van der Waals surface area contributed by atoms with Crippen LogP contribution in [0.5, 0.6) is 0 Å². The van der Waals surface area contributed by atoms with Gasteiger partial charge in [0, 0.05) is 35.2 Å². The number of nitrogens with zero attached hydrogens (tertiary/aromatic N) is 1. The van der Waals surface area contributed by atoms with Crippen molar-refractivity contribution in [3.8, 4) is 0 Å². The van der Waals surface area contributed by atoms with E-state index in [1.165, 1.54) is 5.56 Å². The van der Waals surface area contributed by atoms with Crippen molar-refractivity contribution in [3.05, 3.63) is 64.7 Å². The number of halogens is 1. The second-order valence-electron chi connectivity index (χ2n) is 7.38. The van der Waals surface area contributed by atoms with Crippen molar-refractivity contribution >= 4 is 35.2 Å². The summed E-state index contributed by atoms with van der Waals surface area (Å²) in [6.07, 6.45) is 2.30. The Morgan fingerprint density at radius 2 is 1.90 bits per heavy atom. The first-order valence-electron chi connectivity index (χ1n) is 10.4. The van der Waals surface area contributed by atoms with E-state index in [0.29, 0.717) is 30.3 Å². The Hall–Kier alpha value is -1.98. The molecule has 2 aromatic rings.